The first kappa shape index (κ1) is 16.9. The average Bonchev–Trinajstić information content (AvgIpc) is 3.37. The van der Waals surface area contributed by atoms with Crippen molar-refractivity contribution in [3.05, 3.63) is 35.9 Å². The first-order chi connectivity index (χ1) is 11.2. The standard InChI is InChI=1S/C20H32N2O/c1-2-20(23)11-18-10-19(15-22(14-18)13-17-8-9-17)21-12-16-6-4-3-5-7-16/h3-7,17-21,23H,2,8-15H2,1H3. The molecular weight excluding hydrogens is 284 g/mol. The molecule has 2 aliphatic rings. The van der Waals surface area contributed by atoms with Crippen LogP contribution in [0.25, 0.3) is 0 Å². The second-order valence-electron chi connectivity index (χ2n) is 7.62. The van der Waals surface area contributed by atoms with Crippen LogP contribution >= 0.6 is 0 Å². The largest absolute Gasteiger partial charge is 0.393 e. The van der Waals surface area contributed by atoms with Crippen molar-refractivity contribution in [2.45, 2.75) is 57.7 Å². The van der Waals surface area contributed by atoms with E-state index in [9.17, 15) is 5.11 Å². The Bertz CT molecular complexity index is 460. The van der Waals surface area contributed by atoms with Gasteiger partial charge in [0.1, 0.15) is 0 Å². The molecule has 3 heteroatoms. The fraction of sp³-hybridized carbons (Fsp3) is 0.700. The van der Waals surface area contributed by atoms with Crippen LogP contribution in [-0.4, -0.2) is 41.8 Å². The SMILES string of the molecule is CCC(O)CC1CC(NCc2ccccc2)CN(CC2CC2)C1. The van der Waals surface area contributed by atoms with E-state index in [0.717, 1.165) is 25.3 Å². The second kappa shape index (κ2) is 8.27. The highest BCUT2D eigenvalue weighted by Crippen LogP contribution is 2.32. The van der Waals surface area contributed by atoms with Crippen molar-refractivity contribution in [3.8, 4) is 0 Å². The van der Waals surface area contributed by atoms with Gasteiger partial charge >= 0.3 is 0 Å². The number of rotatable bonds is 8. The number of nitrogens with one attached hydrogen (secondary N) is 1. The molecule has 1 aromatic rings. The van der Waals surface area contributed by atoms with Gasteiger partial charge in [-0.3, -0.25) is 0 Å². The van der Waals surface area contributed by atoms with Crippen molar-refractivity contribution in [2.75, 3.05) is 19.6 Å². The molecule has 1 saturated carbocycles. The maximum absolute atomic E-state index is 10.0. The molecule has 2 N–H and O–H groups in total. The van der Waals surface area contributed by atoms with Crippen molar-refractivity contribution in [3.63, 3.8) is 0 Å². The Kier molecular flexibility index (Phi) is 6.09. The van der Waals surface area contributed by atoms with E-state index in [1.807, 2.05) is 0 Å². The molecule has 1 aliphatic heterocycles. The van der Waals surface area contributed by atoms with Crippen LogP contribution in [0, 0.1) is 11.8 Å². The van der Waals surface area contributed by atoms with Gasteiger partial charge in [0.15, 0.2) is 0 Å². The maximum atomic E-state index is 10.0. The molecule has 3 nitrogen and oxygen atoms in total. The molecular formula is C20H32N2O. The van der Waals surface area contributed by atoms with Gasteiger partial charge in [0, 0.05) is 32.2 Å². The fourth-order valence-corrected chi connectivity index (χ4v) is 3.85. The van der Waals surface area contributed by atoms with E-state index in [2.05, 4.69) is 47.5 Å². The van der Waals surface area contributed by atoms with E-state index < -0.39 is 0 Å². The van der Waals surface area contributed by atoms with Crippen molar-refractivity contribution < 1.29 is 5.11 Å². The van der Waals surface area contributed by atoms with Gasteiger partial charge in [-0.05, 0) is 49.5 Å². The van der Waals surface area contributed by atoms with Gasteiger partial charge in [0.05, 0.1) is 6.10 Å². The first-order valence-electron chi connectivity index (χ1n) is 9.40. The number of benzene rings is 1. The molecule has 0 bridgehead atoms. The smallest absolute Gasteiger partial charge is 0.0540 e. The van der Waals surface area contributed by atoms with Crippen LogP contribution in [0.3, 0.4) is 0 Å². The zero-order valence-corrected chi connectivity index (χ0v) is 14.5. The first-order valence-corrected chi connectivity index (χ1v) is 9.40. The van der Waals surface area contributed by atoms with Gasteiger partial charge in [-0.2, -0.15) is 0 Å². The quantitative estimate of drug-likeness (QED) is 0.774. The number of hydrogen-bond donors (Lipinski definition) is 2. The van der Waals surface area contributed by atoms with Crippen LogP contribution in [0.4, 0.5) is 0 Å². The van der Waals surface area contributed by atoms with E-state index in [-0.39, 0.29) is 6.10 Å². The van der Waals surface area contributed by atoms with Gasteiger partial charge in [0.25, 0.3) is 0 Å². The second-order valence-corrected chi connectivity index (χ2v) is 7.62. The lowest BCUT2D eigenvalue weighted by Gasteiger charge is -2.39. The molecule has 3 atom stereocenters. The van der Waals surface area contributed by atoms with Crippen LogP contribution in [0.5, 0.6) is 0 Å². The van der Waals surface area contributed by atoms with Crippen LogP contribution in [0.1, 0.15) is 44.6 Å². The number of piperidine rings is 1. The van der Waals surface area contributed by atoms with Gasteiger partial charge in [-0.25, -0.2) is 0 Å². The predicted octanol–water partition coefficient (Wildman–Crippen LogP) is 3.04. The Morgan fingerprint density at radius 1 is 1.17 bits per heavy atom. The summed E-state index contributed by atoms with van der Waals surface area (Å²) in [6.45, 7) is 6.65. The highest BCUT2D eigenvalue weighted by atomic mass is 16.3. The molecule has 3 rings (SSSR count). The van der Waals surface area contributed by atoms with E-state index >= 15 is 0 Å². The summed E-state index contributed by atoms with van der Waals surface area (Å²) in [4.78, 5) is 2.65. The van der Waals surface area contributed by atoms with E-state index in [1.165, 1.54) is 44.5 Å². The molecule has 1 aliphatic carbocycles. The van der Waals surface area contributed by atoms with E-state index in [4.69, 9.17) is 0 Å². The minimum Gasteiger partial charge on any atom is -0.393 e. The molecule has 0 aromatic heterocycles. The number of aliphatic hydroxyl groups is 1. The Morgan fingerprint density at radius 3 is 2.65 bits per heavy atom. The summed E-state index contributed by atoms with van der Waals surface area (Å²) < 4.78 is 0. The third kappa shape index (κ3) is 5.59. The molecule has 1 aromatic carbocycles. The third-order valence-electron chi connectivity index (χ3n) is 5.34. The third-order valence-corrected chi connectivity index (χ3v) is 5.34. The van der Waals surface area contributed by atoms with Gasteiger partial charge in [-0.1, -0.05) is 37.3 Å². The lowest BCUT2D eigenvalue weighted by molar-refractivity contribution is 0.0814. The van der Waals surface area contributed by atoms with Crippen molar-refractivity contribution >= 4 is 0 Å². The summed E-state index contributed by atoms with van der Waals surface area (Å²) in [5.74, 6) is 1.57. The maximum Gasteiger partial charge on any atom is 0.0540 e. The normalized spacial score (nSPS) is 27.0. The summed E-state index contributed by atoms with van der Waals surface area (Å²) in [5.41, 5.74) is 1.36. The van der Waals surface area contributed by atoms with Gasteiger partial charge < -0.3 is 15.3 Å². The molecule has 0 radical (unpaired) electrons. The topological polar surface area (TPSA) is 35.5 Å². The monoisotopic (exact) mass is 316 g/mol. The lowest BCUT2D eigenvalue weighted by Crippen LogP contribution is -2.50. The molecule has 128 valence electrons. The minimum absolute atomic E-state index is 0.129. The highest BCUT2D eigenvalue weighted by molar-refractivity contribution is 5.14. The van der Waals surface area contributed by atoms with E-state index in [0.29, 0.717) is 12.0 Å². The Balaban J connectivity index is 1.53. The summed E-state index contributed by atoms with van der Waals surface area (Å²) in [5, 5.41) is 13.8. The van der Waals surface area contributed by atoms with Gasteiger partial charge in [0.2, 0.25) is 0 Å². The average molecular weight is 316 g/mol. The fourth-order valence-electron chi connectivity index (χ4n) is 3.85. The van der Waals surface area contributed by atoms with Gasteiger partial charge in [-0.15, -0.1) is 0 Å². The predicted molar refractivity (Wildman–Crippen MR) is 95.3 cm³/mol. The summed E-state index contributed by atoms with van der Waals surface area (Å²) in [6, 6.07) is 11.2. The number of hydrogen-bond acceptors (Lipinski definition) is 3. The zero-order chi connectivity index (χ0) is 16.1. The molecule has 1 saturated heterocycles. The number of aliphatic hydroxyl groups excluding tert-OH is 1. The van der Waals surface area contributed by atoms with Crippen LogP contribution in [0.2, 0.25) is 0 Å². The Hall–Kier alpha value is -0.900. The number of likely N-dealkylation sites (tertiary alicyclic amines) is 1. The van der Waals surface area contributed by atoms with Crippen molar-refractivity contribution in [2.24, 2.45) is 11.8 Å². The van der Waals surface area contributed by atoms with Crippen LogP contribution < -0.4 is 5.32 Å². The summed E-state index contributed by atoms with van der Waals surface area (Å²) >= 11 is 0. The molecule has 0 amide bonds. The number of nitrogens with zero attached hydrogens (tertiary/aromatic N) is 1. The minimum atomic E-state index is -0.129. The summed E-state index contributed by atoms with van der Waals surface area (Å²) in [7, 11) is 0. The molecule has 23 heavy (non-hydrogen) atoms. The highest BCUT2D eigenvalue weighted by Gasteiger charge is 2.31. The molecule has 0 spiro atoms. The summed E-state index contributed by atoms with van der Waals surface area (Å²) in [6.07, 6.45) is 5.74. The van der Waals surface area contributed by atoms with Crippen LogP contribution in [-0.2, 0) is 6.54 Å². The van der Waals surface area contributed by atoms with Crippen molar-refractivity contribution in [1.82, 2.24) is 10.2 Å². The lowest BCUT2D eigenvalue weighted by atomic mass is 9.88. The Labute approximate surface area is 141 Å². The van der Waals surface area contributed by atoms with E-state index in [1.54, 1.807) is 0 Å². The molecule has 2 fully saturated rings. The Morgan fingerprint density at radius 2 is 1.96 bits per heavy atom. The zero-order valence-electron chi connectivity index (χ0n) is 14.5. The molecule has 1 heterocycles. The van der Waals surface area contributed by atoms with Crippen LogP contribution in [0.15, 0.2) is 30.3 Å². The molecule has 3 unspecified atom stereocenters. The van der Waals surface area contributed by atoms with Crippen molar-refractivity contribution in [1.29, 1.82) is 0 Å².